The van der Waals surface area contributed by atoms with E-state index in [0.29, 0.717) is 6.04 Å². The lowest BCUT2D eigenvalue weighted by molar-refractivity contribution is 0.142. The van der Waals surface area contributed by atoms with Crippen LogP contribution in [0.5, 0.6) is 0 Å². The van der Waals surface area contributed by atoms with Crippen molar-refractivity contribution in [1.82, 2.24) is 5.32 Å². The van der Waals surface area contributed by atoms with Crippen molar-refractivity contribution in [3.05, 3.63) is 0 Å². The quantitative estimate of drug-likeness (QED) is 0.653. The lowest BCUT2D eigenvalue weighted by Gasteiger charge is -2.15. The molecule has 0 aromatic carbocycles. The van der Waals surface area contributed by atoms with Crippen LogP contribution in [0, 0.1) is 5.92 Å². The highest BCUT2D eigenvalue weighted by Crippen LogP contribution is 2.10. The second-order valence-electron chi connectivity index (χ2n) is 5.79. The normalized spacial score (nSPS) is 21.7. The van der Waals surface area contributed by atoms with E-state index < -0.39 is 0 Å². The summed E-state index contributed by atoms with van der Waals surface area (Å²) in [4.78, 5) is 0. The third kappa shape index (κ3) is 8.62. The molecular weight excluding hydrogens is 210 g/mol. The number of rotatable bonds is 8. The molecule has 0 bridgehead atoms. The fourth-order valence-electron chi connectivity index (χ4n) is 2.45. The predicted molar refractivity (Wildman–Crippen MR) is 74.4 cm³/mol. The van der Waals surface area contributed by atoms with E-state index in [4.69, 9.17) is 4.74 Å². The lowest BCUT2D eigenvalue weighted by atomic mass is 10.0. The molecule has 17 heavy (non-hydrogen) atoms. The van der Waals surface area contributed by atoms with Crippen molar-refractivity contribution in [1.29, 1.82) is 0 Å². The highest BCUT2D eigenvalue weighted by Gasteiger charge is 2.10. The average molecular weight is 241 g/mol. The molecule has 1 aliphatic heterocycles. The molecule has 0 aliphatic carbocycles. The van der Waals surface area contributed by atoms with Gasteiger partial charge >= 0.3 is 0 Å². The van der Waals surface area contributed by atoms with Gasteiger partial charge in [-0.1, -0.05) is 39.5 Å². The topological polar surface area (TPSA) is 21.3 Å². The number of hydrogen-bond donors (Lipinski definition) is 1. The van der Waals surface area contributed by atoms with Crippen molar-refractivity contribution in [2.24, 2.45) is 5.92 Å². The molecule has 102 valence electrons. The van der Waals surface area contributed by atoms with Crippen molar-refractivity contribution in [2.45, 2.75) is 71.3 Å². The first-order chi connectivity index (χ1) is 8.29. The molecule has 0 radical (unpaired) electrons. The van der Waals surface area contributed by atoms with E-state index in [0.717, 1.165) is 19.1 Å². The Balaban J connectivity index is 1.86. The van der Waals surface area contributed by atoms with Gasteiger partial charge < -0.3 is 10.1 Å². The van der Waals surface area contributed by atoms with Crippen LogP contribution in [0.4, 0.5) is 0 Å². The molecule has 0 aromatic rings. The number of unbranched alkanes of at least 4 members (excludes halogenated alkanes) is 3. The first kappa shape index (κ1) is 15.0. The summed E-state index contributed by atoms with van der Waals surface area (Å²) in [6, 6.07) is 0.716. The van der Waals surface area contributed by atoms with Gasteiger partial charge in [0.05, 0.1) is 0 Å². The van der Waals surface area contributed by atoms with Crippen LogP contribution in [0.15, 0.2) is 0 Å². The molecule has 1 fully saturated rings. The first-order valence-corrected chi connectivity index (χ1v) is 7.60. The van der Waals surface area contributed by atoms with Crippen LogP contribution in [-0.2, 0) is 4.74 Å². The minimum atomic E-state index is 0.716. The fraction of sp³-hybridized carbons (Fsp3) is 1.00. The van der Waals surface area contributed by atoms with E-state index in [9.17, 15) is 0 Å². The molecule has 0 saturated carbocycles. The number of hydrogen-bond acceptors (Lipinski definition) is 2. The van der Waals surface area contributed by atoms with Crippen molar-refractivity contribution >= 4 is 0 Å². The molecule has 1 aliphatic rings. The highest BCUT2D eigenvalue weighted by molar-refractivity contribution is 4.69. The third-order valence-electron chi connectivity index (χ3n) is 3.59. The Hall–Kier alpha value is -0.0800. The Bertz CT molecular complexity index is 162. The van der Waals surface area contributed by atoms with Gasteiger partial charge in [-0.25, -0.2) is 0 Å². The molecule has 1 saturated heterocycles. The Morgan fingerprint density at radius 3 is 2.71 bits per heavy atom. The van der Waals surface area contributed by atoms with E-state index in [2.05, 4.69) is 19.2 Å². The minimum Gasteiger partial charge on any atom is -0.381 e. The maximum absolute atomic E-state index is 5.47. The Labute approximate surface area is 108 Å². The zero-order valence-corrected chi connectivity index (χ0v) is 11.8. The summed E-state index contributed by atoms with van der Waals surface area (Å²) in [5.74, 6) is 0.874. The second kappa shape index (κ2) is 9.90. The molecule has 1 N–H and O–H groups in total. The van der Waals surface area contributed by atoms with E-state index in [1.54, 1.807) is 0 Å². The zero-order valence-electron chi connectivity index (χ0n) is 11.8. The van der Waals surface area contributed by atoms with Gasteiger partial charge in [0, 0.05) is 19.3 Å². The Morgan fingerprint density at radius 1 is 1.06 bits per heavy atom. The van der Waals surface area contributed by atoms with Gasteiger partial charge in [0.25, 0.3) is 0 Å². The van der Waals surface area contributed by atoms with Crippen LogP contribution in [0.2, 0.25) is 0 Å². The molecule has 1 rings (SSSR count). The summed E-state index contributed by atoms with van der Waals surface area (Å²) >= 11 is 0. The van der Waals surface area contributed by atoms with Crippen molar-refractivity contribution in [3.63, 3.8) is 0 Å². The molecular formula is C15H31NO. The molecule has 1 atom stereocenters. The van der Waals surface area contributed by atoms with Gasteiger partial charge in [-0.15, -0.1) is 0 Å². The maximum atomic E-state index is 5.47. The van der Waals surface area contributed by atoms with Crippen LogP contribution in [-0.4, -0.2) is 25.8 Å². The third-order valence-corrected chi connectivity index (χ3v) is 3.59. The Morgan fingerprint density at radius 2 is 1.88 bits per heavy atom. The van der Waals surface area contributed by atoms with Crippen LogP contribution < -0.4 is 5.32 Å². The average Bonchev–Trinajstić information content (AvgIpc) is 2.56. The standard InChI is InChI=1S/C15H31NO/c1-14(2)8-5-3-4-6-11-16-15-9-7-12-17-13-10-15/h14-16H,3-13H2,1-2H3. The Kier molecular flexibility index (Phi) is 8.72. The summed E-state index contributed by atoms with van der Waals surface area (Å²) < 4.78 is 5.47. The lowest BCUT2D eigenvalue weighted by Crippen LogP contribution is -2.30. The second-order valence-corrected chi connectivity index (χ2v) is 5.79. The minimum absolute atomic E-state index is 0.716. The van der Waals surface area contributed by atoms with Crippen LogP contribution in [0.3, 0.4) is 0 Å². The van der Waals surface area contributed by atoms with Crippen molar-refractivity contribution in [3.8, 4) is 0 Å². The predicted octanol–water partition coefficient (Wildman–Crippen LogP) is 3.75. The van der Waals surface area contributed by atoms with Gasteiger partial charge in [-0.05, 0) is 38.1 Å². The zero-order chi connectivity index (χ0) is 12.3. The maximum Gasteiger partial charge on any atom is 0.0480 e. The van der Waals surface area contributed by atoms with Crippen LogP contribution in [0.1, 0.15) is 65.2 Å². The smallest absolute Gasteiger partial charge is 0.0480 e. The molecule has 1 heterocycles. The monoisotopic (exact) mass is 241 g/mol. The van der Waals surface area contributed by atoms with Crippen molar-refractivity contribution in [2.75, 3.05) is 19.8 Å². The molecule has 2 heteroatoms. The summed E-state index contributed by atoms with van der Waals surface area (Å²) in [5.41, 5.74) is 0. The number of ether oxygens (including phenoxy) is 1. The molecule has 1 unspecified atom stereocenters. The summed E-state index contributed by atoms with van der Waals surface area (Å²) in [5, 5.41) is 3.68. The van der Waals surface area contributed by atoms with Gasteiger partial charge in [0.1, 0.15) is 0 Å². The molecule has 0 amide bonds. The summed E-state index contributed by atoms with van der Waals surface area (Å²) in [6.45, 7) is 7.75. The molecule has 2 nitrogen and oxygen atoms in total. The van der Waals surface area contributed by atoms with E-state index in [1.165, 1.54) is 57.9 Å². The molecule has 0 spiro atoms. The van der Waals surface area contributed by atoms with Gasteiger partial charge in [-0.2, -0.15) is 0 Å². The van der Waals surface area contributed by atoms with Crippen LogP contribution >= 0.6 is 0 Å². The fourth-order valence-corrected chi connectivity index (χ4v) is 2.45. The largest absolute Gasteiger partial charge is 0.381 e. The van der Waals surface area contributed by atoms with E-state index in [-0.39, 0.29) is 0 Å². The van der Waals surface area contributed by atoms with Gasteiger partial charge in [0.15, 0.2) is 0 Å². The van der Waals surface area contributed by atoms with Crippen LogP contribution in [0.25, 0.3) is 0 Å². The summed E-state index contributed by atoms with van der Waals surface area (Å²) in [7, 11) is 0. The van der Waals surface area contributed by atoms with E-state index in [1.807, 2.05) is 0 Å². The molecule has 0 aromatic heterocycles. The number of nitrogens with one attached hydrogen (secondary N) is 1. The first-order valence-electron chi connectivity index (χ1n) is 7.60. The van der Waals surface area contributed by atoms with Gasteiger partial charge in [0.2, 0.25) is 0 Å². The highest BCUT2D eigenvalue weighted by atomic mass is 16.5. The van der Waals surface area contributed by atoms with Gasteiger partial charge in [-0.3, -0.25) is 0 Å². The van der Waals surface area contributed by atoms with Crippen molar-refractivity contribution < 1.29 is 4.74 Å². The van der Waals surface area contributed by atoms with E-state index >= 15 is 0 Å². The SMILES string of the molecule is CC(C)CCCCCCNC1CCCOCC1. The summed E-state index contributed by atoms with van der Waals surface area (Å²) in [6.07, 6.45) is 10.7.